The van der Waals surface area contributed by atoms with Crippen molar-refractivity contribution in [2.24, 2.45) is 0 Å². The number of rotatable bonds is 7. The molecule has 3 aromatic carbocycles. The Morgan fingerprint density at radius 3 is 2.61 bits per heavy atom. The van der Waals surface area contributed by atoms with Crippen molar-refractivity contribution in [2.75, 3.05) is 13.1 Å². The lowest BCUT2D eigenvalue weighted by Crippen LogP contribution is -2.44. The number of carbonyl (C=O) groups excluding carboxylic acids is 3. The maximum absolute atomic E-state index is 13.1. The van der Waals surface area contributed by atoms with Gasteiger partial charge in [0, 0.05) is 30.8 Å². The van der Waals surface area contributed by atoms with Crippen LogP contribution in [0.1, 0.15) is 22.3 Å². The number of imide groups is 1. The molecule has 0 bridgehead atoms. The van der Waals surface area contributed by atoms with E-state index < -0.39 is 16.1 Å². The van der Waals surface area contributed by atoms with Crippen LogP contribution in [-0.2, 0) is 29.2 Å². The Morgan fingerprint density at radius 1 is 1.03 bits per heavy atom. The van der Waals surface area contributed by atoms with E-state index >= 15 is 0 Å². The van der Waals surface area contributed by atoms with E-state index in [0.29, 0.717) is 30.0 Å². The van der Waals surface area contributed by atoms with Crippen LogP contribution < -0.4 is 4.74 Å². The summed E-state index contributed by atoms with van der Waals surface area (Å²) in [6, 6.07) is 21.1. The highest BCUT2D eigenvalue weighted by Gasteiger charge is 2.37. The SMILES string of the molecule is O=C(CN1C(=O)S/C(=C\c2ccccc2OCc2cccc([N+](=O)[O-])c2)C1=O)N1CCc2ccccc2C1. The first-order valence-electron chi connectivity index (χ1n) is 11.9. The Balaban J connectivity index is 1.27. The van der Waals surface area contributed by atoms with Gasteiger partial charge in [-0.1, -0.05) is 54.6 Å². The second-order valence-corrected chi connectivity index (χ2v) is 9.85. The summed E-state index contributed by atoms with van der Waals surface area (Å²) < 4.78 is 5.88. The molecule has 1 fully saturated rings. The molecule has 3 amide bonds. The third kappa shape index (κ3) is 5.45. The number of hydrogen-bond acceptors (Lipinski definition) is 7. The molecule has 0 atom stereocenters. The molecule has 0 spiro atoms. The van der Waals surface area contributed by atoms with Crippen LogP contribution in [-0.4, -0.2) is 44.9 Å². The summed E-state index contributed by atoms with van der Waals surface area (Å²) in [6.45, 7) is 0.768. The molecule has 0 aliphatic carbocycles. The van der Waals surface area contributed by atoms with Crippen LogP contribution in [0.5, 0.6) is 5.75 Å². The van der Waals surface area contributed by atoms with Gasteiger partial charge in [0.25, 0.3) is 16.8 Å². The molecule has 10 heteroatoms. The van der Waals surface area contributed by atoms with E-state index in [9.17, 15) is 24.5 Å². The molecule has 0 radical (unpaired) electrons. The smallest absolute Gasteiger partial charge is 0.294 e. The lowest BCUT2D eigenvalue weighted by molar-refractivity contribution is -0.384. The van der Waals surface area contributed by atoms with Gasteiger partial charge in [-0.2, -0.15) is 0 Å². The summed E-state index contributed by atoms with van der Waals surface area (Å²) in [5.41, 5.74) is 3.44. The van der Waals surface area contributed by atoms with Crippen LogP contribution in [0.3, 0.4) is 0 Å². The van der Waals surface area contributed by atoms with Crippen LogP contribution in [0, 0.1) is 10.1 Å². The highest BCUT2D eigenvalue weighted by molar-refractivity contribution is 8.18. The Bertz CT molecular complexity index is 1470. The van der Waals surface area contributed by atoms with Crippen molar-refractivity contribution in [3.8, 4) is 5.75 Å². The second kappa shape index (κ2) is 10.9. The Hall–Kier alpha value is -4.44. The van der Waals surface area contributed by atoms with E-state index in [2.05, 4.69) is 0 Å². The maximum atomic E-state index is 13.1. The van der Waals surface area contributed by atoms with Crippen molar-refractivity contribution < 1.29 is 24.0 Å². The number of ether oxygens (including phenoxy) is 1. The zero-order chi connectivity index (χ0) is 26.6. The fourth-order valence-corrected chi connectivity index (χ4v) is 5.20. The van der Waals surface area contributed by atoms with Gasteiger partial charge in [-0.15, -0.1) is 0 Å². The summed E-state index contributed by atoms with van der Waals surface area (Å²) in [7, 11) is 0. The fourth-order valence-electron chi connectivity index (χ4n) is 4.37. The zero-order valence-corrected chi connectivity index (χ0v) is 21.1. The lowest BCUT2D eigenvalue weighted by Gasteiger charge is -2.29. The van der Waals surface area contributed by atoms with Crippen LogP contribution in [0.25, 0.3) is 6.08 Å². The first kappa shape index (κ1) is 25.2. The minimum Gasteiger partial charge on any atom is -0.488 e. The molecule has 2 aliphatic rings. The minimum absolute atomic E-state index is 0.0311. The number of nitro benzene ring substituents is 1. The van der Waals surface area contributed by atoms with Crippen LogP contribution >= 0.6 is 11.8 Å². The number of carbonyl (C=O) groups is 3. The molecule has 2 heterocycles. The minimum atomic E-state index is -0.528. The van der Waals surface area contributed by atoms with Crippen molar-refractivity contribution in [3.63, 3.8) is 0 Å². The number of non-ortho nitro benzene ring substituents is 1. The third-order valence-electron chi connectivity index (χ3n) is 6.37. The van der Waals surface area contributed by atoms with Gasteiger partial charge in [0.2, 0.25) is 5.91 Å². The third-order valence-corrected chi connectivity index (χ3v) is 7.28. The van der Waals surface area contributed by atoms with Crippen LogP contribution in [0.15, 0.2) is 77.7 Å². The predicted molar refractivity (Wildman–Crippen MR) is 142 cm³/mol. The topological polar surface area (TPSA) is 110 Å². The lowest BCUT2D eigenvalue weighted by atomic mass is 10.00. The van der Waals surface area contributed by atoms with Gasteiger partial charge in [0.05, 0.1) is 9.83 Å². The van der Waals surface area contributed by atoms with Gasteiger partial charge in [-0.05, 0) is 47.0 Å². The van der Waals surface area contributed by atoms with Gasteiger partial charge < -0.3 is 9.64 Å². The quantitative estimate of drug-likeness (QED) is 0.246. The predicted octanol–water partition coefficient (Wildman–Crippen LogP) is 4.80. The molecule has 0 N–H and O–H groups in total. The molecule has 5 rings (SSSR count). The first-order valence-corrected chi connectivity index (χ1v) is 12.8. The summed E-state index contributed by atoms with van der Waals surface area (Å²) in [4.78, 5) is 52.1. The average Bonchev–Trinajstić information content (AvgIpc) is 3.19. The molecular formula is C28H23N3O6S. The Kier molecular flexibility index (Phi) is 7.23. The number of nitrogens with zero attached hydrogens (tertiary/aromatic N) is 3. The van der Waals surface area contributed by atoms with Gasteiger partial charge >= 0.3 is 0 Å². The maximum Gasteiger partial charge on any atom is 0.294 e. The number of hydrogen-bond donors (Lipinski definition) is 0. The number of fused-ring (bicyclic) bond motifs is 1. The molecule has 0 unspecified atom stereocenters. The largest absolute Gasteiger partial charge is 0.488 e. The van der Waals surface area contributed by atoms with Crippen molar-refractivity contribution in [1.29, 1.82) is 0 Å². The Labute approximate surface area is 222 Å². The summed E-state index contributed by atoms with van der Waals surface area (Å²) in [5, 5.41) is 10.5. The van der Waals surface area contributed by atoms with E-state index in [1.54, 1.807) is 47.4 Å². The van der Waals surface area contributed by atoms with Crippen molar-refractivity contribution in [1.82, 2.24) is 9.80 Å². The molecule has 38 heavy (non-hydrogen) atoms. The standard InChI is InChI=1S/C28H23N3O6S/c32-26(29-13-12-20-7-1-2-9-22(20)16-29)17-30-27(33)25(38-28(30)34)15-21-8-3-4-11-24(21)37-18-19-6-5-10-23(14-19)31(35)36/h1-11,14-15H,12-13,16-18H2/b25-15-. The van der Waals surface area contributed by atoms with Crippen LogP contribution in [0.4, 0.5) is 10.5 Å². The van der Waals surface area contributed by atoms with E-state index in [1.165, 1.54) is 17.7 Å². The van der Waals surface area contributed by atoms with E-state index in [4.69, 9.17) is 4.74 Å². The number of amides is 3. The van der Waals surface area contributed by atoms with Crippen molar-refractivity contribution in [2.45, 2.75) is 19.6 Å². The van der Waals surface area contributed by atoms with E-state index in [1.807, 2.05) is 24.3 Å². The molecule has 192 valence electrons. The molecule has 3 aromatic rings. The zero-order valence-electron chi connectivity index (χ0n) is 20.2. The van der Waals surface area contributed by atoms with E-state index in [0.717, 1.165) is 28.6 Å². The summed E-state index contributed by atoms with van der Waals surface area (Å²) in [6.07, 6.45) is 2.30. The van der Waals surface area contributed by atoms with Gasteiger partial charge in [0.1, 0.15) is 18.9 Å². The van der Waals surface area contributed by atoms with Gasteiger partial charge in [-0.3, -0.25) is 29.4 Å². The first-order chi connectivity index (χ1) is 18.4. The highest BCUT2D eigenvalue weighted by Crippen LogP contribution is 2.34. The van der Waals surface area contributed by atoms with Gasteiger partial charge in [-0.25, -0.2) is 0 Å². The number of para-hydroxylation sites is 1. The summed E-state index contributed by atoms with van der Waals surface area (Å²) >= 11 is 0.779. The molecule has 0 aromatic heterocycles. The number of nitro groups is 1. The molecular weight excluding hydrogens is 506 g/mol. The Morgan fingerprint density at radius 2 is 1.79 bits per heavy atom. The molecule has 0 saturated carbocycles. The number of benzene rings is 3. The normalized spacial score (nSPS) is 16.1. The molecule has 9 nitrogen and oxygen atoms in total. The average molecular weight is 530 g/mol. The summed E-state index contributed by atoms with van der Waals surface area (Å²) in [5.74, 6) is -0.350. The number of thioether (sulfide) groups is 1. The van der Waals surface area contributed by atoms with Crippen LogP contribution in [0.2, 0.25) is 0 Å². The second-order valence-electron chi connectivity index (χ2n) is 8.86. The molecule has 1 saturated heterocycles. The van der Waals surface area contributed by atoms with Crippen molar-refractivity contribution >= 4 is 40.6 Å². The van der Waals surface area contributed by atoms with E-state index in [-0.39, 0.29) is 29.7 Å². The monoisotopic (exact) mass is 529 g/mol. The van der Waals surface area contributed by atoms with Gasteiger partial charge in [0.15, 0.2) is 0 Å². The van der Waals surface area contributed by atoms with Crippen molar-refractivity contribution in [3.05, 3.63) is 110 Å². The molecule has 2 aliphatic heterocycles. The highest BCUT2D eigenvalue weighted by atomic mass is 32.2. The fraction of sp³-hybridized carbons (Fsp3) is 0.179.